The number of hydrogen-bond donors (Lipinski definition) is 1. The minimum atomic E-state index is -4.60. The Morgan fingerprint density at radius 3 is 2.71 bits per heavy atom. The molecule has 0 aromatic heterocycles. The van der Waals surface area contributed by atoms with E-state index in [1.807, 2.05) is 0 Å². The van der Waals surface area contributed by atoms with Crippen molar-refractivity contribution < 1.29 is 27.4 Å². The zero-order chi connectivity index (χ0) is 15.5. The monoisotopic (exact) mass is 306 g/mol. The van der Waals surface area contributed by atoms with Crippen molar-refractivity contribution in [2.75, 3.05) is 6.61 Å². The Morgan fingerprint density at radius 1 is 1.33 bits per heavy atom. The van der Waals surface area contributed by atoms with Crippen LogP contribution in [-0.4, -0.2) is 17.8 Å². The largest absolute Gasteiger partial charge is 0.416 e. The van der Waals surface area contributed by atoms with E-state index < -0.39 is 29.2 Å². The van der Waals surface area contributed by atoms with E-state index in [0.717, 1.165) is 31.6 Å². The van der Waals surface area contributed by atoms with Crippen LogP contribution in [0.25, 0.3) is 0 Å². The standard InChI is InChI=1S/C15H18F4O2/c16-10-6-7-13(15(17,18)19)12(9-10)14(20)5-1-3-11-4-2-8-21-11/h6-7,9,11,14,20H,1-5,8H2. The van der Waals surface area contributed by atoms with Gasteiger partial charge in [0.15, 0.2) is 0 Å². The molecule has 21 heavy (non-hydrogen) atoms. The van der Waals surface area contributed by atoms with E-state index in [-0.39, 0.29) is 12.5 Å². The van der Waals surface area contributed by atoms with Crippen LogP contribution in [0.3, 0.4) is 0 Å². The summed E-state index contributed by atoms with van der Waals surface area (Å²) >= 11 is 0. The van der Waals surface area contributed by atoms with Crippen LogP contribution in [0.5, 0.6) is 0 Å². The van der Waals surface area contributed by atoms with Gasteiger partial charge in [-0.05, 0) is 55.9 Å². The molecule has 1 N–H and O–H groups in total. The van der Waals surface area contributed by atoms with Crippen LogP contribution >= 0.6 is 0 Å². The lowest BCUT2D eigenvalue weighted by atomic mass is 9.97. The third-order valence-corrected chi connectivity index (χ3v) is 3.71. The molecule has 1 aliphatic rings. The molecule has 118 valence electrons. The van der Waals surface area contributed by atoms with Gasteiger partial charge in [0.05, 0.1) is 17.8 Å². The van der Waals surface area contributed by atoms with Gasteiger partial charge in [-0.2, -0.15) is 13.2 Å². The number of aliphatic hydroxyl groups excluding tert-OH is 1. The number of ether oxygens (including phenoxy) is 1. The summed E-state index contributed by atoms with van der Waals surface area (Å²) in [4.78, 5) is 0. The smallest absolute Gasteiger partial charge is 0.388 e. The number of halogens is 4. The van der Waals surface area contributed by atoms with Gasteiger partial charge in [-0.25, -0.2) is 4.39 Å². The summed E-state index contributed by atoms with van der Waals surface area (Å²) in [5.74, 6) is -0.781. The molecule has 1 saturated heterocycles. The maximum absolute atomic E-state index is 13.2. The van der Waals surface area contributed by atoms with Gasteiger partial charge in [0.25, 0.3) is 0 Å². The van der Waals surface area contributed by atoms with Crippen LogP contribution in [-0.2, 0) is 10.9 Å². The van der Waals surface area contributed by atoms with Gasteiger partial charge in [0.2, 0.25) is 0 Å². The van der Waals surface area contributed by atoms with E-state index in [1.165, 1.54) is 0 Å². The van der Waals surface area contributed by atoms with Gasteiger partial charge in [-0.3, -0.25) is 0 Å². The van der Waals surface area contributed by atoms with E-state index in [0.29, 0.717) is 18.9 Å². The SMILES string of the molecule is OC(CCCC1CCCO1)c1cc(F)ccc1C(F)(F)F. The normalized spacial score (nSPS) is 20.7. The first-order valence-electron chi connectivity index (χ1n) is 7.04. The molecule has 0 aliphatic carbocycles. The molecule has 0 bridgehead atoms. The Bertz CT molecular complexity index is 467. The van der Waals surface area contributed by atoms with E-state index in [1.54, 1.807) is 0 Å². The molecule has 1 aromatic rings. The summed E-state index contributed by atoms with van der Waals surface area (Å²) in [6.07, 6.45) is -2.44. The Morgan fingerprint density at radius 2 is 2.10 bits per heavy atom. The highest BCUT2D eigenvalue weighted by atomic mass is 19.4. The highest BCUT2D eigenvalue weighted by Gasteiger charge is 2.35. The summed E-state index contributed by atoms with van der Waals surface area (Å²) in [5, 5.41) is 9.96. The van der Waals surface area contributed by atoms with Crippen LogP contribution in [0.4, 0.5) is 17.6 Å². The van der Waals surface area contributed by atoms with Crippen LogP contribution in [0, 0.1) is 5.82 Å². The molecular weight excluding hydrogens is 288 g/mol. The lowest BCUT2D eigenvalue weighted by Crippen LogP contribution is -2.13. The molecule has 0 spiro atoms. The van der Waals surface area contributed by atoms with Crippen LogP contribution in [0.1, 0.15) is 49.3 Å². The van der Waals surface area contributed by atoms with E-state index >= 15 is 0 Å². The maximum atomic E-state index is 13.2. The number of hydrogen-bond acceptors (Lipinski definition) is 2. The fraction of sp³-hybridized carbons (Fsp3) is 0.600. The third-order valence-electron chi connectivity index (χ3n) is 3.71. The van der Waals surface area contributed by atoms with Crippen LogP contribution in [0.2, 0.25) is 0 Å². The summed E-state index contributed by atoms with van der Waals surface area (Å²) in [7, 11) is 0. The van der Waals surface area contributed by atoms with Crippen molar-refractivity contribution in [3.63, 3.8) is 0 Å². The molecule has 1 aromatic carbocycles. The van der Waals surface area contributed by atoms with Crippen LogP contribution in [0.15, 0.2) is 18.2 Å². The predicted octanol–water partition coefficient (Wildman–Crippen LogP) is 4.23. The van der Waals surface area contributed by atoms with Crippen molar-refractivity contribution >= 4 is 0 Å². The molecule has 6 heteroatoms. The first kappa shape index (κ1) is 16.2. The number of alkyl halides is 3. The summed E-state index contributed by atoms with van der Waals surface area (Å²) in [6.45, 7) is 0.718. The molecule has 0 saturated carbocycles. The average molecular weight is 306 g/mol. The zero-order valence-electron chi connectivity index (χ0n) is 11.5. The molecule has 1 aliphatic heterocycles. The second kappa shape index (κ2) is 6.75. The Balaban J connectivity index is 2.00. The topological polar surface area (TPSA) is 29.5 Å². The zero-order valence-corrected chi connectivity index (χ0v) is 11.5. The van der Waals surface area contributed by atoms with E-state index in [2.05, 4.69) is 0 Å². The van der Waals surface area contributed by atoms with Crippen molar-refractivity contribution in [3.8, 4) is 0 Å². The third kappa shape index (κ3) is 4.41. The first-order chi connectivity index (χ1) is 9.88. The van der Waals surface area contributed by atoms with Crippen molar-refractivity contribution in [3.05, 3.63) is 35.1 Å². The van der Waals surface area contributed by atoms with Crippen molar-refractivity contribution in [2.24, 2.45) is 0 Å². The lowest BCUT2D eigenvalue weighted by molar-refractivity contribution is -0.139. The van der Waals surface area contributed by atoms with Gasteiger partial charge in [0, 0.05) is 6.61 Å². The highest BCUT2D eigenvalue weighted by molar-refractivity contribution is 5.32. The molecule has 2 nitrogen and oxygen atoms in total. The molecule has 2 unspecified atom stereocenters. The fourth-order valence-electron chi connectivity index (χ4n) is 2.63. The van der Waals surface area contributed by atoms with Gasteiger partial charge in [0.1, 0.15) is 5.82 Å². The molecule has 1 heterocycles. The van der Waals surface area contributed by atoms with Gasteiger partial charge in [-0.1, -0.05) is 0 Å². The highest BCUT2D eigenvalue weighted by Crippen LogP contribution is 2.36. The minimum Gasteiger partial charge on any atom is -0.388 e. The second-order valence-electron chi connectivity index (χ2n) is 5.31. The van der Waals surface area contributed by atoms with Crippen molar-refractivity contribution in [2.45, 2.75) is 50.5 Å². The Hall–Kier alpha value is -1.14. The van der Waals surface area contributed by atoms with E-state index in [4.69, 9.17) is 4.74 Å². The summed E-state index contributed by atoms with van der Waals surface area (Å²) in [5.41, 5.74) is -1.37. The predicted molar refractivity (Wildman–Crippen MR) is 69.2 cm³/mol. The van der Waals surface area contributed by atoms with Crippen molar-refractivity contribution in [1.82, 2.24) is 0 Å². The molecule has 2 atom stereocenters. The Kier molecular flexibility index (Phi) is 5.22. The average Bonchev–Trinajstić information content (AvgIpc) is 2.90. The molecular formula is C15H18F4O2. The molecule has 0 radical (unpaired) electrons. The molecule has 2 rings (SSSR count). The lowest BCUT2D eigenvalue weighted by Gasteiger charge is -2.18. The first-order valence-corrected chi connectivity index (χ1v) is 7.04. The van der Waals surface area contributed by atoms with Gasteiger partial charge < -0.3 is 9.84 Å². The molecule has 0 amide bonds. The maximum Gasteiger partial charge on any atom is 0.416 e. The van der Waals surface area contributed by atoms with E-state index in [9.17, 15) is 22.7 Å². The van der Waals surface area contributed by atoms with Gasteiger partial charge in [-0.15, -0.1) is 0 Å². The molecule has 1 fully saturated rings. The van der Waals surface area contributed by atoms with Gasteiger partial charge >= 0.3 is 6.18 Å². The number of benzene rings is 1. The summed E-state index contributed by atoms with van der Waals surface area (Å²) in [6, 6.07) is 2.19. The summed E-state index contributed by atoms with van der Waals surface area (Å²) < 4.78 is 57.1. The van der Waals surface area contributed by atoms with Crippen LogP contribution < -0.4 is 0 Å². The Labute approximate surface area is 120 Å². The number of rotatable bonds is 5. The van der Waals surface area contributed by atoms with Crippen molar-refractivity contribution in [1.29, 1.82) is 0 Å². The second-order valence-corrected chi connectivity index (χ2v) is 5.31. The quantitative estimate of drug-likeness (QED) is 0.825. The number of aliphatic hydroxyl groups is 1. The minimum absolute atomic E-state index is 0.131. The fourth-order valence-corrected chi connectivity index (χ4v) is 2.63.